The highest BCUT2D eigenvalue weighted by Crippen LogP contribution is 2.26. The topological polar surface area (TPSA) is 55.4 Å². The molecule has 0 saturated carbocycles. The summed E-state index contributed by atoms with van der Waals surface area (Å²) in [5, 5.41) is 3.38. The summed E-state index contributed by atoms with van der Waals surface area (Å²) in [4.78, 5) is 0. The highest BCUT2D eigenvalue weighted by Gasteiger charge is 2.42. The van der Waals surface area contributed by atoms with E-state index in [1.54, 1.807) is 0 Å². The van der Waals surface area contributed by atoms with Gasteiger partial charge in [-0.15, -0.1) is 0 Å². The highest BCUT2D eigenvalue weighted by molar-refractivity contribution is 7.91. The van der Waals surface area contributed by atoms with Crippen molar-refractivity contribution in [2.45, 2.75) is 18.2 Å². The average molecular weight is 253 g/mol. The van der Waals surface area contributed by atoms with Crippen molar-refractivity contribution < 1.29 is 13.2 Å². The number of benzene rings is 1. The predicted molar refractivity (Wildman–Crippen MR) is 64.5 cm³/mol. The molecule has 2 aliphatic heterocycles. The van der Waals surface area contributed by atoms with Crippen molar-refractivity contribution in [3.63, 3.8) is 0 Å². The van der Waals surface area contributed by atoms with Crippen LogP contribution in [-0.4, -0.2) is 38.7 Å². The van der Waals surface area contributed by atoms with E-state index in [1.807, 2.05) is 30.3 Å². The second-order valence-corrected chi connectivity index (χ2v) is 6.84. The van der Waals surface area contributed by atoms with E-state index < -0.39 is 9.84 Å². The first-order chi connectivity index (χ1) is 8.14. The molecule has 2 heterocycles. The third-order valence-electron chi connectivity index (χ3n) is 3.39. The quantitative estimate of drug-likeness (QED) is 0.792. The van der Waals surface area contributed by atoms with Crippen molar-refractivity contribution in [3.8, 4) is 0 Å². The molecule has 3 rings (SSSR count). The van der Waals surface area contributed by atoms with Crippen LogP contribution in [0.4, 0.5) is 0 Å². The van der Waals surface area contributed by atoms with E-state index in [4.69, 9.17) is 4.74 Å². The summed E-state index contributed by atoms with van der Waals surface area (Å²) in [7, 11) is -2.92. The Morgan fingerprint density at radius 3 is 2.71 bits per heavy atom. The molecule has 5 heteroatoms. The summed E-state index contributed by atoms with van der Waals surface area (Å²) < 4.78 is 28.7. The molecule has 0 amide bonds. The minimum atomic E-state index is -2.92. The predicted octanol–water partition coefficient (Wildman–Crippen LogP) is 0.513. The summed E-state index contributed by atoms with van der Waals surface area (Å²) in [5.74, 6) is 0.354. The minimum absolute atomic E-state index is 0.0565. The van der Waals surface area contributed by atoms with Crippen LogP contribution in [0, 0.1) is 0 Å². The highest BCUT2D eigenvalue weighted by atomic mass is 32.2. The molecule has 1 N–H and O–H groups in total. The Kier molecular flexibility index (Phi) is 2.69. The van der Waals surface area contributed by atoms with Gasteiger partial charge in [0.2, 0.25) is 0 Å². The van der Waals surface area contributed by atoms with E-state index in [0.29, 0.717) is 6.61 Å². The molecule has 1 aromatic carbocycles. The number of hydrogen-bond acceptors (Lipinski definition) is 4. The molecule has 0 spiro atoms. The molecule has 1 aromatic rings. The molecule has 2 saturated heterocycles. The Bertz CT molecular complexity index is 500. The molecule has 17 heavy (non-hydrogen) atoms. The summed E-state index contributed by atoms with van der Waals surface area (Å²) in [5.41, 5.74) is 1.15. The van der Waals surface area contributed by atoms with Gasteiger partial charge >= 0.3 is 0 Å². The van der Waals surface area contributed by atoms with Crippen molar-refractivity contribution in [2.75, 3.05) is 18.1 Å². The van der Waals surface area contributed by atoms with Gasteiger partial charge < -0.3 is 10.1 Å². The van der Waals surface area contributed by atoms with Gasteiger partial charge in [0.15, 0.2) is 9.84 Å². The normalized spacial score (nSPS) is 35.4. The molecule has 2 aliphatic rings. The molecule has 0 aromatic heterocycles. The first kappa shape index (κ1) is 11.2. The zero-order valence-corrected chi connectivity index (χ0v) is 10.2. The minimum Gasteiger partial charge on any atom is -0.374 e. The number of ether oxygens (including phenoxy) is 1. The fraction of sp³-hybridized carbons (Fsp3) is 0.500. The third-order valence-corrected chi connectivity index (χ3v) is 5.10. The van der Waals surface area contributed by atoms with E-state index in [1.165, 1.54) is 0 Å². The Hall–Kier alpha value is -0.910. The van der Waals surface area contributed by atoms with Gasteiger partial charge in [0, 0.05) is 6.04 Å². The second-order valence-electron chi connectivity index (χ2n) is 4.69. The van der Waals surface area contributed by atoms with Crippen molar-refractivity contribution in [2.24, 2.45) is 0 Å². The lowest BCUT2D eigenvalue weighted by Crippen LogP contribution is -2.49. The zero-order chi connectivity index (χ0) is 11.9. The van der Waals surface area contributed by atoms with E-state index >= 15 is 0 Å². The Morgan fingerprint density at radius 1 is 1.18 bits per heavy atom. The Labute approximate surface area is 101 Å². The molecule has 3 atom stereocenters. The van der Waals surface area contributed by atoms with Crippen molar-refractivity contribution in [1.82, 2.24) is 5.32 Å². The fourth-order valence-corrected chi connectivity index (χ4v) is 4.36. The SMILES string of the molecule is O=S1(=O)CC2NC(c3ccccc3)COC2C1. The number of rotatable bonds is 1. The summed E-state index contributed by atoms with van der Waals surface area (Å²) in [6, 6.07) is 10.0. The smallest absolute Gasteiger partial charge is 0.154 e. The van der Waals surface area contributed by atoms with Crippen LogP contribution in [0.2, 0.25) is 0 Å². The number of nitrogens with one attached hydrogen (secondary N) is 1. The van der Waals surface area contributed by atoms with Gasteiger partial charge in [0.05, 0.1) is 30.3 Å². The number of fused-ring (bicyclic) bond motifs is 1. The van der Waals surface area contributed by atoms with Crippen LogP contribution in [0.5, 0.6) is 0 Å². The average Bonchev–Trinajstić information content (AvgIpc) is 2.63. The number of morpholine rings is 1. The lowest BCUT2D eigenvalue weighted by atomic mass is 10.0. The maximum Gasteiger partial charge on any atom is 0.154 e. The molecule has 4 nitrogen and oxygen atoms in total. The second kappa shape index (κ2) is 4.08. The van der Waals surface area contributed by atoms with Crippen LogP contribution in [-0.2, 0) is 14.6 Å². The van der Waals surface area contributed by atoms with Gasteiger partial charge in [-0.3, -0.25) is 0 Å². The lowest BCUT2D eigenvalue weighted by molar-refractivity contribution is -0.00403. The Balaban J connectivity index is 1.77. The maximum absolute atomic E-state index is 11.5. The van der Waals surface area contributed by atoms with Crippen LogP contribution in [0.1, 0.15) is 11.6 Å². The summed E-state index contributed by atoms with van der Waals surface area (Å²) in [6.45, 7) is 0.542. The van der Waals surface area contributed by atoms with Gasteiger partial charge in [0.25, 0.3) is 0 Å². The van der Waals surface area contributed by atoms with Gasteiger partial charge in [-0.2, -0.15) is 0 Å². The van der Waals surface area contributed by atoms with Gasteiger partial charge in [-0.1, -0.05) is 30.3 Å². The van der Waals surface area contributed by atoms with Crippen molar-refractivity contribution in [3.05, 3.63) is 35.9 Å². The zero-order valence-electron chi connectivity index (χ0n) is 9.37. The standard InChI is InChI=1S/C12H15NO3S/c14-17(15)7-11-12(8-17)16-6-10(13-11)9-4-2-1-3-5-9/h1-5,10-13H,6-8H2. The summed E-state index contributed by atoms with van der Waals surface area (Å²) >= 11 is 0. The first-order valence-electron chi connectivity index (χ1n) is 5.77. The Morgan fingerprint density at radius 2 is 1.94 bits per heavy atom. The van der Waals surface area contributed by atoms with Gasteiger partial charge in [0.1, 0.15) is 0 Å². The van der Waals surface area contributed by atoms with E-state index in [2.05, 4.69) is 5.32 Å². The molecule has 0 bridgehead atoms. The van der Waals surface area contributed by atoms with Crippen LogP contribution in [0.15, 0.2) is 30.3 Å². The maximum atomic E-state index is 11.5. The van der Waals surface area contributed by atoms with Gasteiger partial charge in [-0.25, -0.2) is 8.42 Å². The van der Waals surface area contributed by atoms with Crippen LogP contribution in [0.3, 0.4) is 0 Å². The number of sulfone groups is 1. The van der Waals surface area contributed by atoms with Crippen LogP contribution in [0.25, 0.3) is 0 Å². The van der Waals surface area contributed by atoms with Crippen LogP contribution < -0.4 is 5.32 Å². The molecular weight excluding hydrogens is 238 g/mol. The number of hydrogen-bond donors (Lipinski definition) is 1. The van der Waals surface area contributed by atoms with Crippen molar-refractivity contribution >= 4 is 9.84 Å². The van der Waals surface area contributed by atoms with E-state index in [9.17, 15) is 8.42 Å². The van der Waals surface area contributed by atoms with E-state index in [-0.39, 0.29) is 29.7 Å². The molecular formula is C12H15NO3S. The van der Waals surface area contributed by atoms with Gasteiger partial charge in [-0.05, 0) is 5.56 Å². The summed E-state index contributed by atoms with van der Waals surface area (Å²) in [6.07, 6.45) is -0.167. The first-order valence-corrected chi connectivity index (χ1v) is 7.59. The molecule has 3 unspecified atom stereocenters. The fourth-order valence-electron chi connectivity index (χ4n) is 2.54. The molecule has 2 fully saturated rings. The lowest BCUT2D eigenvalue weighted by Gasteiger charge is -2.33. The monoisotopic (exact) mass is 253 g/mol. The van der Waals surface area contributed by atoms with E-state index in [0.717, 1.165) is 5.56 Å². The largest absolute Gasteiger partial charge is 0.374 e. The van der Waals surface area contributed by atoms with Crippen molar-refractivity contribution in [1.29, 1.82) is 0 Å². The third kappa shape index (κ3) is 2.22. The van der Waals surface area contributed by atoms with Crippen LogP contribution >= 0.6 is 0 Å². The molecule has 92 valence electrons. The molecule has 0 radical (unpaired) electrons. The molecule has 0 aliphatic carbocycles.